The highest BCUT2D eigenvalue weighted by Gasteiger charge is 2.36. The number of amides is 1. The van der Waals surface area contributed by atoms with Gasteiger partial charge in [-0.05, 0) is 55.4 Å². The molecule has 0 spiro atoms. The first-order valence-corrected chi connectivity index (χ1v) is 13.7. The summed E-state index contributed by atoms with van der Waals surface area (Å²) in [7, 11) is 0. The number of rotatable bonds is 5. The molecule has 204 valence electrons. The zero-order valence-corrected chi connectivity index (χ0v) is 22.4. The lowest BCUT2D eigenvalue weighted by Gasteiger charge is -2.40. The van der Waals surface area contributed by atoms with Crippen molar-refractivity contribution in [1.82, 2.24) is 20.1 Å². The van der Waals surface area contributed by atoms with E-state index >= 15 is 0 Å². The van der Waals surface area contributed by atoms with E-state index in [0.29, 0.717) is 62.0 Å². The Balaban J connectivity index is 1.47. The Hall–Kier alpha value is -2.78. The fourth-order valence-electron chi connectivity index (χ4n) is 5.94. The Labute approximate surface area is 227 Å². The Morgan fingerprint density at radius 3 is 2.74 bits per heavy atom. The largest absolute Gasteiger partial charge is 0.385 e. The number of pyridine rings is 1. The Morgan fingerprint density at radius 1 is 1.24 bits per heavy atom. The van der Waals surface area contributed by atoms with Crippen molar-refractivity contribution >= 4 is 23.3 Å². The maximum absolute atomic E-state index is 14.4. The third-order valence-electron chi connectivity index (χ3n) is 8.00. The van der Waals surface area contributed by atoms with E-state index in [0.717, 1.165) is 42.5 Å². The molecule has 7 nitrogen and oxygen atoms in total. The summed E-state index contributed by atoms with van der Waals surface area (Å²) in [5, 5.41) is 13.3. The molecule has 0 aromatic carbocycles. The van der Waals surface area contributed by atoms with Crippen molar-refractivity contribution in [3.63, 3.8) is 0 Å². The molecule has 1 unspecified atom stereocenters. The van der Waals surface area contributed by atoms with Crippen LogP contribution in [0.2, 0.25) is 5.02 Å². The highest BCUT2D eigenvalue weighted by molar-refractivity contribution is 6.30. The van der Waals surface area contributed by atoms with Gasteiger partial charge in [-0.25, -0.2) is 8.78 Å². The molecule has 1 aromatic rings. The topological polar surface area (TPSA) is 81.6 Å². The van der Waals surface area contributed by atoms with Crippen LogP contribution < -0.4 is 5.32 Å². The first-order chi connectivity index (χ1) is 18.3. The quantitative estimate of drug-likeness (QED) is 0.401. The van der Waals surface area contributed by atoms with Crippen LogP contribution in [-0.2, 0) is 9.53 Å². The van der Waals surface area contributed by atoms with Crippen LogP contribution >= 0.6 is 11.6 Å². The van der Waals surface area contributed by atoms with Crippen LogP contribution in [0.3, 0.4) is 0 Å². The maximum atomic E-state index is 14.4. The summed E-state index contributed by atoms with van der Waals surface area (Å²) in [6.45, 7) is 4.44. The number of allylic oxidation sites excluding steroid dienone is 3. The van der Waals surface area contributed by atoms with E-state index in [-0.39, 0.29) is 23.4 Å². The van der Waals surface area contributed by atoms with Crippen molar-refractivity contribution in [2.45, 2.75) is 63.8 Å². The first-order valence-electron chi connectivity index (χ1n) is 13.3. The third-order valence-corrected chi connectivity index (χ3v) is 8.20. The second kappa shape index (κ2) is 11.5. The number of nitrogens with one attached hydrogen (secondary N) is 2. The van der Waals surface area contributed by atoms with E-state index in [4.69, 9.17) is 16.3 Å². The van der Waals surface area contributed by atoms with Crippen molar-refractivity contribution in [3.8, 4) is 0 Å². The standard InChI is InChI=1S/C28H34ClF2N5O2/c1-17(37)35-8-4-25(34-21-5-9-38-10-6-21)24(16-35)28(32)36-7-2-3-18-12-22(19-11-20(29)15-33-14-19)23(27(30)31)13-26(18)36/h11,13-15,21-22,27,32,34H,2-10,12,16H2,1H3. The van der Waals surface area contributed by atoms with Gasteiger partial charge in [0, 0.05) is 86.5 Å². The molecule has 3 aliphatic heterocycles. The second-order valence-electron chi connectivity index (χ2n) is 10.4. The smallest absolute Gasteiger partial charge is 0.260 e. The molecule has 1 atom stereocenters. The van der Waals surface area contributed by atoms with Crippen LogP contribution in [0.4, 0.5) is 8.78 Å². The van der Waals surface area contributed by atoms with Crippen molar-refractivity contribution in [2.75, 3.05) is 32.8 Å². The van der Waals surface area contributed by atoms with Crippen LogP contribution in [0.5, 0.6) is 0 Å². The minimum atomic E-state index is -2.64. The molecule has 5 rings (SSSR count). The monoisotopic (exact) mass is 545 g/mol. The predicted octanol–water partition coefficient (Wildman–Crippen LogP) is 5.02. The minimum absolute atomic E-state index is 0.0241. The van der Waals surface area contributed by atoms with Crippen LogP contribution in [0.1, 0.15) is 56.9 Å². The first kappa shape index (κ1) is 26.8. The second-order valence-corrected chi connectivity index (χ2v) is 10.8. The van der Waals surface area contributed by atoms with Gasteiger partial charge >= 0.3 is 0 Å². The molecule has 4 heterocycles. The van der Waals surface area contributed by atoms with Gasteiger partial charge < -0.3 is 19.9 Å². The van der Waals surface area contributed by atoms with Crippen LogP contribution in [-0.4, -0.2) is 71.8 Å². The molecule has 2 N–H and O–H groups in total. The molecule has 1 aromatic heterocycles. The van der Waals surface area contributed by atoms with E-state index in [1.165, 1.54) is 6.20 Å². The highest BCUT2D eigenvalue weighted by Crippen LogP contribution is 2.44. The molecule has 4 aliphatic rings. The van der Waals surface area contributed by atoms with Crippen molar-refractivity contribution in [3.05, 3.63) is 63.2 Å². The molecule has 0 radical (unpaired) electrons. The number of carbonyl (C=O) groups is 1. The normalized spacial score (nSPS) is 23.0. The predicted molar refractivity (Wildman–Crippen MR) is 142 cm³/mol. The number of carbonyl (C=O) groups excluding carboxylic acids is 1. The maximum Gasteiger partial charge on any atom is 0.260 e. The molecule has 1 amide bonds. The number of hydrogen-bond acceptors (Lipinski definition) is 5. The van der Waals surface area contributed by atoms with Gasteiger partial charge in [0.05, 0.1) is 11.6 Å². The van der Waals surface area contributed by atoms with Gasteiger partial charge in [-0.3, -0.25) is 15.2 Å². The van der Waals surface area contributed by atoms with Gasteiger partial charge in [-0.15, -0.1) is 0 Å². The van der Waals surface area contributed by atoms with Gasteiger partial charge in [-0.1, -0.05) is 11.6 Å². The van der Waals surface area contributed by atoms with Crippen LogP contribution in [0.25, 0.3) is 0 Å². The minimum Gasteiger partial charge on any atom is -0.385 e. The SMILES string of the molecule is CC(=O)N1CCC(NC2CCOCC2)=C(C(=N)N2CCCC3=C2C=C(C(F)F)C(c2cncc(Cl)c2)C3)C1. The zero-order valence-electron chi connectivity index (χ0n) is 21.6. The van der Waals surface area contributed by atoms with Crippen molar-refractivity contribution in [2.24, 2.45) is 0 Å². The molecule has 10 heteroatoms. The number of halogens is 3. The van der Waals surface area contributed by atoms with Gasteiger partial charge in [0.15, 0.2) is 0 Å². The number of alkyl halides is 2. The van der Waals surface area contributed by atoms with Gasteiger partial charge in [-0.2, -0.15) is 0 Å². The summed E-state index contributed by atoms with van der Waals surface area (Å²) in [6.07, 6.45) is 6.54. The molecule has 0 saturated carbocycles. The Kier molecular flexibility index (Phi) is 8.14. The highest BCUT2D eigenvalue weighted by atomic mass is 35.5. The molecular weight excluding hydrogens is 512 g/mol. The zero-order chi connectivity index (χ0) is 26.8. The lowest BCUT2D eigenvalue weighted by atomic mass is 9.79. The lowest BCUT2D eigenvalue weighted by Crippen LogP contribution is -2.46. The average Bonchev–Trinajstić information content (AvgIpc) is 2.92. The summed E-state index contributed by atoms with van der Waals surface area (Å²) in [5.41, 5.74) is 4.20. The van der Waals surface area contributed by atoms with Crippen molar-refractivity contribution in [1.29, 1.82) is 5.41 Å². The molecule has 1 fully saturated rings. The lowest BCUT2D eigenvalue weighted by molar-refractivity contribution is -0.128. The fraction of sp³-hybridized carbons (Fsp3) is 0.536. The van der Waals surface area contributed by atoms with Gasteiger partial charge in [0.1, 0.15) is 5.84 Å². The van der Waals surface area contributed by atoms with E-state index in [1.807, 2.05) is 4.90 Å². The van der Waals surface area contributed by atoms with E-state index in [1.54, 1.807) is 30.2 Å². The number of ether oxygens (including phenoxy) is 1. The Morgan fingerprint density at radius 2 is 2.03 bits per heavy atom. The molecule has 1 saturated heterocycles. The summed E-state index contributed by atoms with van der Waals surface area (Å²) < 4.78 is 34.2. The average molecular weight is 546 g/mol. The van der Waals surface area contributed by atoms with Gasteiger partial charge in [0.2, 0.25) is 5.91 Å². The van der Waals surface area contributed by atoms with E-state index < -0.39 is 12.3 Å². The number of hydrogen-bond donors (Lipinski definition) is 2. The van der Waals surface area contributed by atoms with Crippen LogP contribution in [0.15, 0.2) is 52.6 Å². The molecular formula is C28H34ClF2N5O2. The summed E-state index contributed by atoms with van der Waals surface area (Å²) >= 11 is 6.13. The van der Waals surface area contributed by atoms with Crippen LogP contribution in [0, 0.1) is 5.41 Å². The number of aromatic nitrogens is 1. The third kappa shape index (κ3) is 5.64. The van der Waals surface area contributed by atoms with E-state index in [9.17, 15) is 19.0 Å². The number of amidine groups is 1. The Bertz CT molecular complexity index is 1190. The van der Waals surface area contributed by atoms with Gasteiger partial charge in [0.25, 0.3) is 6.43 Å². The van der Waals surface area contributed by atoms with E-state index in [2.05, 4.69) is 10.3 Å². The van der Waals surface area contributed by atoms with Crippen molar-refractivity contribution < 1.29 is 18.3 Å². The molecule has 0 bridgehead atoms. The fourth-order valence-corrected chi connectivity index (χ4v) is 6.12. The molecule has 1 aliphatic carbocycles. The summed E-state index contributed by atoms with van der Waals surface area (Å²) in [6, 6.07) is 1.97. The summed E-state index contributed by atoms with van der Waals surface area (Å²) in [4.78, 5) is 20.0. The molecule has 38 heavy (non-hydrogen) atoms. The number of nitrogens with zero attached hydrogens (tertiary/aromatic N) is 3. The summed E-state index contributed by atoms with van der Waals surface area (Å²) in [5.74, 6) is -0.248.